The smallest absolute Gasteiger partial charge is 0.0662 e. The summed E-state index contributed by atoms with van der Waals surface area (Å²) in [5.41, 5.74) is 11.1. The summed E-state index contributed by atoms with van der Waals surface area (Å²) in [6, 6.07) is 17.2. The molecule has 1 saturated heterocycles. The molecule has 0 atom stereocenters. The minimum atomic E-state index is -0.161. The fourth-order valence-electron chi connectivity index (χ4n) is 2.34. The average molecular weight is 238 g/mol. The van der Waals surface area contributed by atoms with E-state index < -0.39 is 0 Å². The molecule has 1 heterocycles. The molecular formula is C16H18N2. The van der Waals surface area contributed by atoms with Gasteiger partial charge in [0.15, 0.2) is 0 Å². The van der Waals surface area contributed by atoms with Crippen LogP contribution in [-0.2, 0) is 5.54 Å². The highest BCUT2D eigenvalue weighted by atomic mass is 15.1. The predicted octanol–water partition coefficient (Wildman–Crippen LogP) is 2.42. The summed E-state index contributed by atoms with van der Waals surface area (Å²) >= 11 is 0. The molecule has 0 radical (unpaired) electrons. The van der Waals surface area contributed by atoms with Gasteiger partial charge in [-0.1, -0.05) is 54.1 Å². The van der Waals surface area contributed by atoms with E-state index in [0.29, 0.717) is 0 Å². The highest BCUT2D eigenvalue weighted by Gasteiger charge is 2.33. The van der Waals surface area contributed by atoms with Crippen molar-refractivity contribution in [1.82, 2.24) is 5.32 Å². The van der Waals surface area contributed by atoms with E-state index in [9.17, 15) is 0 Å². The fraction of sp³-hybridized carbons (Fsp3) is 0.250. The van der Waals surface area contributed by atoms with Crippen molar-refractivity contribution in [3.8, 4) is 11.1 Å². The molecule has 0 amide bonds. The van der Waals surface area contributed by atoms with Crippen molar-refractivity contribution in [3.05, 3.63) is 59.7 Å². The van der Waals surface area contributed by atoms with Crippen LogP contribution in [0.3, 0.4) is 0 Å². The third-order valence-electron chi connectivity index (χ3n) is 3.73. The van der Waals surface area contributed by atoms with Gasteiger partial charge in [-0.05, 0) is 23.6 Å². The van der Waals surface area contributed by atoms with Crippen LogP contribution >= 0.6 is 0 Å². The average Bonchev–Trinajstić information content (AvgIpc) is 2.37. The van der Waals surface area contributed by atoms with E-state index in [0.717, 1.165) is 13.1 Å². The quantitative estimate of drug-likeness (QED) is 0.843. The molecule has 1 aliphatic rings. The van der Waals surface area contributed by atoms with Crippen LogP contribution in [0.15, 0.2) is 48.5 Å². The number of nitrogens with one attached hydrogen (secondary N) is 1. The lowest BCUT2D eigenvalue weighted by Gasteiger charge is -2.39. The normalized spacial score (nSPS) is 17.2. The van der Waals surface area contributed by atoms with Crippen molar-refractivity contribution in [2.24, 2.45) is 5.73 Å². The van der Waals surface area contributed by atoms with Gasteiger partial charge in [-0.3, -0.25) is 0 Å². The second kappa shape index (κ2) is 4.23. The Morgan fingerprint density at radius 3 is 1.83 bits per heavy atom. The minimum Gasteiger partial charge on any atom is -0.319 e. The summed E-state index contributed by atoms with van der Waals surface area (Å²) in [6.45, 7) is 3.85. The van der Waals surface area contributed by atoms with Crippen LogP contribution in [-0.4, -0.2) is 13.1 Å². The molecule has 18 heavy (non-hydrogen) atoms. The van der Waals surface area contributed by atoms with E-state index in [1.54, 1.807) is 0 Å². The lowest BCUT2D eigenvalue weighted by molar-refractivity contribution is 0.287. The molecule has 0 unspecified atom stereocenters. The van der Waals surface area contributed by atoms with Gasteiger partial charge in [-0.2, -0.15) is 0 Å². The summed E-state index contributed by atoms with van der Waals surface area (Å²) in [5, 5.41) is 3.23. The topological polar surface area (TPSA) is 38.0 Å². The van der Waals surface area contributed by atoms with Crippen LogP contribution in [0.1, 0.15) is 11.1 Å². The molecule has 0 bridgehead atoms. The Kier molecular flexibility index (Phi) is 2.69. The molecule has 1 fully saturated rings. The van der Waals surface area contributed by atoms with Gasteiger partial charge in [0, 0.05) is 13.1 Å². The fourth-order valence-corrected chi connectivity index (χ4v) is 2.34. The summed E-state index contributed by atoms with van der Waals surface area (Å²) in [4.78, 5) is 0. The molecule has 0 saturated carbocycles. The van der Waals surface area contributed by atoms with Crippen LogP contribution in [0.5, 0.6) is 0 Å². The first-order chi connectivity index (χ1) is 8.67. The van der Waals surface area contributed by atoms with Crippen LogP contribution in [0, 0.1) is 6.92 Å². The number of benzene rings is 2. The molecule has 2 nitrogen and oxygen atoms in total. The number of hydrogen-bond donors (Lipinski definition) is 2. The molecule has 92 valence electrons. The maximum absolute atomic E-state index is 6.27. The van der Waals surface area contributed by atoms with E-state index in [1.807, 2.05) is 0 Å². The number of hydrogen-bond acceptors (Lipinski definition) is 2. The van der Waals surface area contributed by atoms with Crippen molar-refractivity contribution >= 4 is 0 Å². The molecule has 2 aromatic carbocycles. The van der Waals surface area contributed by atoms with E-state index in [2.05, 4.69) is 60.8 Å². The maximum atomic E-state index is 6.27. The Labute approximate surface area is 108 Å². The van der Waals surface area contributed by atoms with Crippen molar-refractivity contribution in [3.63, 3.8) is 0 Å². The molecule has 2 aromatic rings. The van der Waals surface area contributed by atoms with Crippen molar-refractivity contribution in [2.45, 2.75) is 12.5 Å². The third-order valence-corrected chi connectivity index (χ3v) is 3.73. The summed E-state index contributed by atoms with van der Waals surface area (Å²) in [5.74, 6) is 0. The second-order valence-corrected chi connectivity index (χ2v) is 5.20. The third kappa shape index (κ3) is 1.94. The van der Waals surface area contributed by atoms with Gasteiger partial charge in [0.25, 0.3) is 0 Å². The Hall–Kier alpha value is -1.64. The van der Waals surface area contributed by atoms with Crippen LogP contribution in [0.25, 0.3) is 11.1 Å². The molecule has 0 aromatic heterocycles. The Morgan fingerprint density at radius 2 is 1.39 bits per heavy atom. The number of aryl methyl sites for hydroxylation is 1. The predicted molar refractivity (Wildman–Crippen MR) is 75.4 cm³/mol. The largest absolute Gasteiger partial charge is 0.319 e. The standard InChI is InChI=1S/C16H18N2/c1-12-2-4-13(5-3-12)14-6-8-15(9-7-14)16(17)10-18-11-16/h2-9,18H,10-11,17H2,1H3. The highest BCUT2D eigenvalue weighted by molar-refractivity contribution is 5.64. The molecule has 1 aliphatic heterocycles. The van der Waals surface area contributed by atoms with Gasteiger partial charge < -0.3 is 11.1 Å². The van der Waals surface area contributed by atoms with Crippen LogP contribution in [0.4, 0.5) is 0 Å². The van der Waals surface area contributed by atoms with Crippen LogP contribution < -0.4 is 11.1 Å². The summed E-state index contributed by atoms with van der Waals surface area (Å²) in [7, 11) is 0. The first-order valence-corrected chi connectivity index (χ1v) is 6.35. The van der Waals surface area contributed by atoms with Gasteiger partial charge in [0.05, 0.1) is 5.54 Å². The van der Waals surface area contributed by atoms with E-state index in [4.69, 9.17) is 5.73 Å². The first kappa shape index (κ1) is 11.5. The van der Waals surface area contributed by atoms with Gasteiger partial charge in [0.2, 0.25) is 0 Å². The van der Waals surface area contributed by atoms with Crippen molar-refractivity contribution in [2.75, 3.05) is 13.1 Å². The molecule has 2 heteroatoms. The Bertz CT molecular complexity index is 536. The van der Waals surface area contributed by atoms with Crippen molar-refractivity contribution < 1.29 is 0 Å². The van der Waals surface area contributed by atoms with E-state index >= 15 is 0 Å². The van der Waals surface area contributed by atoms with Gasteiger partial charge in [-0.25, -0.2) is 0 Å². The Balaban J connectivity index is 1.89. The van der Waals surface area contributed by atoms with Gasteiger partial charge >= 0.3 is 0 Å². The second-order valence-electron chi connectivity index (χ2n) is 5.20. The van der Waals surface area contributed by atoms with E-state index in [1.165, 1.54) is 22.3 Å². The lowest BCUT2D eigenvalue weighted by Crippen LogP contribution is -2.62. The number of rotatable bonds is 2. The molecule has 0 aliphatic carbocycles. The SMILES string of the molecule is Cc1ccc(-c2ccc(C3(N)CNC3)cc2)cc1. The van der Waals surface area contributed by atoms with Crippen molar-refractivity contribution in [1.29, 1.82) is 0 Å². The molecule has 3 N–H and O–H groups in total. The minimum absolute atomic E-state index is 0.161. The van der Waals surface area contributed by atoms with Gasteiger partial charge in [0.1, 0.15) is 0 Å². The van der Waals surface area contributed by atoms with Crippen LogP contribution in [0.2, 0.25) is 0 Å². The lowest BCUT2D eigenvalue weighted by atomic mass is 9.85. The highest BCUT2D eigenvalue weighted by Crippen LogP contribution is 2.26. The summed E-state index contributed by atoms with van der Waals surface area (Å²) in [6.07, 6.45) is 0. The molecular weight excluding hydrogens is 220 g/mol. The van der Waals surface area contributed by atoms with Gasteiger partial charge in [-0.15, -0.1) is 0 Å². The molecule has 3 rings (SSSR count). The first-order valence-electron chi connectivity index (χ1n) is 6.35. The Morgan fingerprint density at radius 1 is 0.889 bits per heavy atom. The zero-order valence-corrected chi connectivity index (χ0v) is 10.6. The summed E-state index contributed by atoms with van der Waals surface area (Å²) < 4.78 is 0. The molecule has 0 spiro atoms. The monoisotopic (exact) mass is 238 g/mol. The maximum Gasteiger partial charge on any atom is 0.0662 e. The zero-order valence-electron chi connectivity index (χ0n) is 10.6. The van der Waals surface area contributed by atoms with E-state index in [-0.39, 0.29) is 5.54 Å². The number of nitrogens with two attached hydrogens (primary N) is 1. The zero-order chi connectivity index (χ0) is 12.6.